The lowest BCUT2D eigenvalue weighted by atomic mass is 9.65. The van der Waals surface area contributed by atoms with Gasteiger partial charge in [0.1, 0.15) is 0 Å². The number of fused-ring (bicyclic) bond motifs is 2. The van der Waals surface area contributed by atoms with E-state index >= 15 is 0 Å². The molecular weight excluding hydrogens is 260 g/mol. The third-order valence-electron chi connectivity index (χ3n) is 5.10. The number of alkyl halides is 1. The molecule has 4 heteroatoms. The summed E-state index contributed by atoms with van der Waals surface area (Å²) in [5.41, 5.74) is -1.88. The van der Waals surface area contributed by atoms with Crippen molar-refractivity contribution in [1.82, 2.24) is 0 Å². The number of aliphatic carboxylic acids is 1. The molecule has 0 amide bonds. The van der Waals surface area contributed by atoms with Crippen LogP contribution in [0.1, 0.15) is 33.6 Å². The van der Waals surface area contributed by atoms with Crippen molar-refractivity contribution in [2.75, 3.05) is 0 Å². The van der Waals surface area contributed by atoms with Crippen LogP contribution in [0.5, 0.6) is 0 Å². The minimum absolute atomic E-state index is 0.0566. The number of Topliss-reactive ketones (excluding diaryl/α,β-unsaturated/α-hetero) is 1. The molecule has 0 spiro atoms. The maximum atomic E-state index is 12.1. The van der Waals surface area contributed by atoms with Crippen molar-refractivity contribution >= 4 is 27.7 Å². The number of carbonyl (C=O) groups excluding carboxylic acids is 1. The molecule has 3 nitrogen and oxygen atoms in total. The Labute approximate surface area is 97.4 Å². The lowest BCUT2D eigenvalue weighted by Crippen LogP contribution is -2.44. The van der Waals surface area contributed by atoms with Crippen molar-refractivity contribution in [3.8, 4) is 0 Å². The van der Waals surface area contributed by atoms with E-state index in [0.29, 0.717) is 12.8 Å². The topological polar surface area (TPSA) is 54.4 Å². The second kappa shape index (κ2) is 2.65. The summed E-state index contributed by atoms with van der Waals surface area (Å²) in [6, 6.07) is 0. The van der Waals surface area contributed by atoms with Gasteiger partial charge in [0, 0.05) is 5.41 Å². The minimum atomic E-state index is -0.918. The van der Waals surface area contributed by atoms with Crippen LogP contribution in [-0.4, -0.2) is 21.7 Å². The fourth-order valence-electron chi connectivity index (χ4n) is 3.43. The Morgan fingerprint density at radius 3 is 2.20 bits per heavy atom. The van der Waals surface area contributed by atoms with Gasteiger partial charge in [-0.1, -0.05) is 36.7 Å². The largest absolute Gasteiger partial charge is 0.481 e. The first-order valence-electron chi connectivity index (χ1n) is 5.13. The van der Waals surface area contributed by atoms with Crippen molar-refractivity contribution in [3.63, 3.8) is 0 Å². The summed E-state index contributed by atoms with van der Waals surface area (Å²) in [7, 11) is 0. The second-order valence-corrected chi connectivity index (χ2v) is 6.38. The van der Waals surface area contributed by atoms with Crippen molar-refractivity contribution in [2.45, 2.75) is 38.4 Å². The highest BCUT2D eigenvalue weighted by Gasteiger charge is 2.77. The Kier molecular flexibility index (Phi) is 1.96. The van der Waals surface area contributed by atoms with Gasteiger partial charge in [0.05, 0.1) is 10.2 Å². The molecule has 0 aromatic heterocycles. The average molecular weight is 275 g/mol. The van der Waals surface area contributed by atoms with Crippen LogP contribution in [0.4, 0.5) is 0 Å². The summed E-state index contributed by atoms with van der Waals surface area (Å²) in [5.74, 6) is -0.787. The monoisotopic (exact) mass is 274 g/mol. The molecule has 0 aliphatic heterocycles. The fraction of sp³-hybridized carbons (Fsp3) is 0.818. The Bertz CT molecular complexity index is 363. The van der Waals surface area contributed by atoms with E-state index in [2.05, 4.69) is 15.9 Å². The number of ketones is 1. The first-order chi connectivity index (χ1) is 6.72. The molecule has 2 rings (SSSR count). The summed E-state index contributed by atoms with van der Waals surface area (Å²) in [6.45, 7) is 5.72. The highest BCUT2D eigenvalue weighted by molar-refractivity contribution is 9.10. The Hall–Kier alpha value is -0.380. The zero-order valence-electron chi connectivity index (χ0n) is 9.13. The molecule has 0 saturated heterocycles. The number of rotatable bonds is 1. The van der Waals surface area contributed by atoms with Gasteiger partial charge < -0.3 is 5.11 Å². The Balaban J connectivity index is 2.68. The molecule has 2 fully saturated rings. The van der Waals surface area contributed by atoms with Crippen molar-refractivity contribution in [2.24, 2.45) is 16.2 Å². The van der Waals surface area contributed by atoms with Crippen LogP contribution in [0.25, 0.3) is 0 Å². The van der Waals surface area contributed by atoms with Crippen molar-refractivity contribution in [1.29, 1.82) is 0 Å². The number of hydrogen-bond acceptors (Lipinski definition) is 2. The van der Waals surface area contributed by atoms with Gasteiger partial charge in [0.2, 0.25) is 0 Å². The van der Waals surface area contributed by atoms with Gasteiger partial charge in [-0.3, -0.25) is 9.59 Å². The summed E-state index contributed by atoms with van der Waals surface area (Å²) in [6.07, 6.45) is 1.28. The lowest BCUT2D eigenvalue weighted by Gasteiger charge is -2.37. The normalized spacial score (nSPS) is 47.2. The van der Waals surface area contributed by atoms with Crippen molar-refractivity contribution < 1.29 is 14.7 Å². The Morgan fingerprint density at radius 1 is 1.40 bits per heavy atom. The standard InChI is InChI=1S/C11H15BrO3/c1-9(2)10(3)4-5-11(9,8(14)15)6(12)7(10)13/h6H,4-5H2,1-3H3,(H,14,15)/t6-,10-,11+/m0/s1. The van der Waals surface area contributed by atoms with Crippen LogP contribution in [0, 0.1) is 16.2 Å². The van der Waals surface area contributed by atoms with E-state index in [1.807, 2.05) is 20.8 Å². The predicted molar refractivity (Wildman–Crippen MR) is 58.9 cm³/mol. The van der Waals surface area contributed by atoms with Crippen LogP contribution in [0.2, 0.25) is 0 Å². The number of carboxylic acid groups (broad SMARTS) is 1. The SMILES string of the molecule is CC1(C)[C@@]2(C)CC[C@]1(C(=O)O)[C@@H](Br)C2=O. The summed E-state index contributed by atoms with van der Waals surface area (Å²) >= 11 is 3.30. The van der Waals surface area contributed by atoms with E-state index in [0.717, 1.165) is 0 Å². The van der Waals surface area contributed by atoms with Gasteiger partial charge in [-0.2, -0.15) is 0 Å². The van der Waals surface area contributed by atoms with Crippen LogP contribution in [0.15, 0.2) is 0 Å². The highest BCUT2D eigenvalue weighted by Crippen LogP contribution is 2.72. The van der Waals surface area contributed by atoms with E-state index in [1.165, 1.54) is 0 Å². The molecule has 2 saturated carbocycles. The first kappa shape index (κ1) is 11.1. The zero-order valence-corrected chi connectivity index (χ0v) is 10.7. The lowest BCUT2D eigenvalue weighted by molar-refractivity contribution is -0.153. The summed E-state index contributed by atoms with van der Waals surface area (Å²) < 4.78 is 0. The molecule has 0 unspecified atom stereocenters. The van der Waals surface area contributed by atoms with Crippen molar-refractivity contribution in [3.05, 3.63) is 0 Å². The van der Waals surface area contributed by atoms with Gasteiger partial charge in [-0.05, 0) is 18.3 Å². The molecule has 0 heterocycles. The molecule has 3 atom stereocenters. The Morgan fingerprint density at radius 2 is 1.93 bits per heavy atom. The fourth-order valence-corrected chi connectivity index (χ4v) is 4.93. The molecule has 2 aliphatic carbocycles. The van der Waals surface area contributed by atoms with Crippen LogP contribution in [-0.2, 0) is 9.59 Å². The molecule has 15 heavy (non-hydrogen) atoms. The van der Waals surface area contributed by atoms with Gasteiger partial charge >= 0.3 is 5.97 Å². The van der Waals surface area contributed by atoms with Gasteiger partial charge in [0.15, 0.2) is 5.78 Å². The average Bonchev–Trinajstić information content (AvgIpc) is 2.39. The third kappa shape index (κ3) is 0.846. The van der Waals surface area contributed by atoms with E-state index in [4.69, 9.17) is 0 Å². The highest BCUT2D eigenvalue weighted by atomic mass is 79.9. The molecule has 84 valence electrons. The van der Waals surface area contributed by atoms with Gasteiger partial charge in [0.25, 0.3) is 0 Å². The molecule has 0 aromatic rings. The summed E-state index contributed by atoms with van der Waals surface area (Å²) in [4.78, 5) is 23.1. The molecule has 2 aliphatic rings. The number of carboxylic acids is 1. The molecule has 0 aromatic carbocycles. The van der Waals surface area contributed by atoms with Crippen LogP contribution in [0.3, 0.4) is 0 Å². The van der Waals surface area contributed by atoms with E-state index in [-0.39, 0.29) is 5.78 Å². The van der Waals surface area contributed by atoms with E-state index in [1.54, 1.807) is 0 Å². The second-order valence-electron chi connectivity index (χ2n) is 5.46. The molecule has 1 N–H and O–H groups in total. The minimum Gasteiger partial charge on any atom is -0.481 e. The van der Waals surface area contributed by atoms with Crippen LogP contribution < -0.4 is 0 Å². The number of halogens is 1. The third-order valence-corrected chi connectivity index (χ3v) is 6.30. The smallest absolute Gasteiger partial charge is 0.311 e. The molecule has 0 radical (unpaired) electrons. The number of carbonyl (C=O) groups is 2. The predicted octanol–water partition coefficient (Wildman–Crippen LogP) is 2.23. The quantitative estimate of drug-likeness (QED) is 0.746. The summed E-state index contributed by atoms with van der Waals surface area (Å²) in [5, 5.41) is 9.45. The zero-order chi connectivity index (χ0) is 11.6. The van der Waals surface area contributed by atoms with Gasteiger partial charge in [-0.15, -0.1) is 0 Å². The van der Waals surface area contributed by atoms with E-state index < -0.39 is 27.0 Å². The molecular formula is C11H15BrO3. The maximum Gasteiger partial charge on any atom is 0.311 e. The molecule has 2 bridgehead atoms. The maximum absolute atomic E-state index is 12.1. The van der Waals surface area contributed by atoms with Gasteiger partial charge in [-0.25, -0.2) is 0 Å². The number of hydrogen-bond donors (Lipinski definition) is 1. The van der Waals surface area contributed by atoms with Crippen LogP contribution >= 0.6 is 15.9 Å². The van der Waals surface area contributed by atoms with E-state index in [9.17, 15) is 14.7 Å². The first-order valence-corrected chi connectivity index (χ1v) is 6.05.